The molecule has 1 unspecified atom stereocenters. The van der Waals surface area contributed by atoms with Crippen LogP contribution in [0.3, 0.4) is 0 Å². The van der Waals surface area contributed by atoms with Gasteiger partial charge >= 0.3 is 0 Å². The molecule has 0 aromatic carbocycles. The average molecular weight is 263 g/mol. The maximum atomic E-state index is 9.95. The van der Waals surface area contributed by atoms with Crippen LogP contribution < -0.4 is 0 Å². The van der Waals surface area contributed by atoms with Crippen molar-refractivity contribution in [2.75, 3.05) is 0 Å². The summed E-state index contributed by atoms with van der Waals surface area (Å²) in [7, 11) is 0. The molecule has 2 heteroatoms. The summed E-state index contributed by atoms with van der Waals surface area (Å²) in [5.41, 5.74) is -0.577. The summed E-state index contributed by atoms with van der Waals surface area (Å²) in [6.45, 7) is 7.86. The third kappa shape index (κ3) is 8.76. The monoisotopic (exact) mass is 262 g/mol. The second-order valence-corrected chi connectivity index (χ2v) is 5.48. The highest BCUT2D eigenvalue weighted by molar-refractivity contribution is 9.11. The van der Waals surface area contributed by atoms with Crippen molar-refractivity contribution < 1.29 is 5.11 Å². The number of aliphatic hydroxyl groups is 1. The predicted molar refractivity (Wildman–Crippen MR) is 66.7 cm³/mol. The van der Waals surface area contributed by atoms with Crippen LogP contribution in [0, 0.1) is 0 Å². The molecule has 0 spiro atoms. The van der Waals surface area contributed by atoms with Crippen LogP contribution in [0.15, 0.2) is 11.1 Å². The van der Waals surface area contributed by atoms with Crippen LogP contribution in [0.25, 0.3) is 0 Å². The minimum absolute atomic E-state index is 0.577. The molecule has 0 bridgehead atoms. The van der Waals surface area contributed by atoms with Crippen LogP contribution in [0.4, 0.5) is 0 Å². The highest BCUT2D eigenvalue weighted by Crippen LogP contribution is 2.24. The summed E-state index contributed by atoms with van der Waals surface area (Å²) in [6, 6.07) is 0. The molecule has 0 fully saturated rings. The summed E-state index contributed by atoms with van der Waals surface area (Å²) in [5, 5.41) is 9.95. The molecule has 0 radical (unpaired) electrons. The fraction of sp³-hybridized carbons (Fsp3) is 0.833. The van der Waals surface area contributed by atoms with Crippen LogP contribution >= 0.6 is 15.9 Å². The third-order valence-corrected chi connectivity index (χ3v) is 2.67. The second-order valence-electron chi connectivity index (χ2n) is 4.36. The van der Waals surface area contributed by atoms with Crippen LogP contribution in [0.2, 0.25) is 0 Å². The van der Waals surface area contributed by atoms with E-state index >= 15 is 0 Å². The highest BCUT2D eigenvalue weighted by Gasteiger charge is 2.19. The van der Waals surface area contributed by atoms with E-state index in [4.69, 9.17) is 0 Å². The number of halogens is 1. The zero-order chi connectivity index (χ0) is 11.0. The Balaban J connectivity index is 3.50. The number of unbranched alkanes of at least 4 members (excludes halogenated alkanes) is 4. The van der Waals surface area contributed by atoms with Gasteiger partial charge in [-0.1, -0.05) is 61.5 Å². The standard InChI is InChI=1S/C12H23BrO/c1-4-5-6-7-8-9-12(3,14)10-11(2)13/h14H,2,4-10H2,1,3H3. The fourth-order valence-corrected chi connectivity index (χ4v) is 2.22. The van der Waals surface area contributed by atoms with Crippen molar-refractivity contribution in [2.24, 2.45) is 0 Å². The van der Waals surface area contributed by atoms with Gasteiger partial charge in [-0.05, 0) is 17.8 Å². The molecule has 1 N–H and O–H groups in total. The highest BCUT2D eigenvalue weighted by atomic mass is 79.9. The van der Waals surface area contributed by atoms with E-state index in [0.717, 1.165) is 17.3 Å². The zero-order valence-electron chi connectivity index (χ0n) is 9.48. The first-order valence-corrected chi connectivity index (χ1v) is 6.33. The van der Waals surface area contributed by atoms with E-state index in [0.29, 0.717) is 6.42 Å². The lowest BCUT2D eigenvalue weighted by atomic mass is 9.94. The van der Waals surface area contributed by atoms with Gasteiger partial charge in [0.05, 0.1) is 5.60 Å². The molecule has 0 aliphatic rings. The summed E-state index contributed by atoms with van der Waals surface area (Å²) >= 11 is 3.29. The van der Waals surface area contributed by atoms with Crippen LogP contribution in [0.5, 0.6) is 0 Å². The Morgan fingerprint density at radius 2 is 1.86 bits per heavy atom. The SMILES string of the molecule is C=C(Br)CC(C)(O)CCCCCCC. The Labute approximate surface area is 96.7 Å². The van der Waals surface area contributed by atoms with Crippen molar-refractivity contribution in [3.05, 3.63) is 11.1 Å². The molecule has 0 saturated heterocycles. The first kappa shape index (κ1) is 14.2. The Hall–Kier alpha value is 0.180. The Morgan fingerprint density at radius 1 is 1.29 bits per heavy atom. The van der Waals surface area contributed by atoms with E-state index < -0.39 is 5.60 Å². The molecule has 1 nitrogen and oxygen atoms in total. The third-order valence-electron chi connectivity index (χ3n) is 2.39. The van der Waals surface area contributed by atoms with Gasteiger partial charge in [0.2, 0.25) is 0 Å². The number of hydrogen-bond donors (Lipinski definition) is 1. The predicted octanol–water partition coefficient (Wildman–Crippen LogP) is 4.40. The lowest BCUT2D eigenvalue weighted by molar-refractivity contribution is 0.0506. The molecule has 0 aromatic rings. The van der Waals surface area contributed by atoms with Crippen LogP contribution in [0.1, 0.15) is 58.8 Å². The first-order valence-electron chi connectivity index (χ1n) is 5.53. The first-order chi connectivity index (χ1) is 6.48. The average Bonchev–Trinajstić information content (AvgIpc) is 2.01. The van der Waals surface area contributed by atoms with Gasteiger partial charge in [0, 0.05) is 6.42 Å². The Bertz CT molecular complexity index is 164. The van der Waals surface area contributed by atoms with E-state index in [-0.39, 0.29) is 0 Å². The van der Waals surface area contributed by atoms with Gasteiger partial charge in [-0.3, -0.25) is 0 Å². The smallest absolute Gasteiger partial charge is 0.0664 e. The van der Waals surface area contributed by atoms with Gasteiger partial charge in [-0.2, -0.15) is 0 Å². The molecule has 0 rings (SSSR count). The Morgan fingerprint density at radius 3 is 2.36 bits per heavy atom. The lowest BCUT2D eigenvalue weighted by Crippen LogP contribution is -2.23. The largest absolute Gasteiger partial charge is 0.390 e. The van der Waals surface area contributed by atoms with Gasteiger partial charge in [0.25, 0.3) is 0 Å². The molecule has 0 saturated carbocycles. The van der Waals surface area contributed by atoms with Gasteiger partial charge in [0.1, 0.15) is 0 Å². The summed E-state index contributed by atoms with van der Waals surface area (Å²) in [4.78, 5) is 0. The van der Waals surface area contributed by atoms with E-state index in [9.17, 15) is 5.11 Å². The van der Waals surface area contributed by atoms with E-state index in [1.807, 2.05) is 6.92 Å². The minimum atomic E-state index is -0.577. The van der Waals surface area contributed by atoms with Crippen molar-refractivity contribution in [2.45, 2.75) is 64.4 Å². The molecule has 0 aliphatic carbocycles. The molecule has 0 aromatic heterocycles. The lowest BCUT2D eigenvalue weighted by Gasteiger charge is -2.22. The summed E-state index contributed by atoms with van der Waals surface area (Å²) in [5.74, 6) is 0. The van der Waals surface area contributed by atoms with E-state index in [1.54, 1.807) is 0 Å². The second kappa shape index (κ2) is 7.47. The summed E-state index contributed by atoms with van der Waals surface area (Å²) in [6.07, 6.45) is 7.76. The molecule has 1 atom stereocenters. The van der Waals surface area contributed by atoms with Crippen molar-refractivity contribution in [1.82, 2.24) is 0 Å². The molecular formula is C12H23BrO. The minimum Gasteiger partial charge on any atom is -0.390 e. The van der Waals surface area contributed by atoms with Gasteiger partial charge in [0.15, 0.2) is 0 Å². The normalized spacial score (nSPS) is 15.1. The maximum absolute atomic E-state index is 9.95. The van der Waals surface area contributed by atoms with E-state index in [1.165, 1.54) is 25.7 Å². The quantitative estimate of drug-likeness (QED) is 0.644. The van der Waals surface area contributed by atoms with Crippen molar-refractivity contribution in [3.63, 3.8) is 0 Å². The van der Waals surface area contributed by atoms with Crippen LogP contribution in [-0.2, 0) is 0 Å². The van der Waals surface area contributed by atoms with Gasteiger partial charge in [-0.15, -0.1) is 0 Å². The maximum Gasteiger partial charge on any atom is 0.0664 e. The topological polar surface area (TPSA) is 20.2 Å². The van der Waals surface area contributed by atoms with Crippen molar-refractivity contribution >= 4 is 15.9 Å². The number of hydrogen-bond acceptors (Lipinski definition) is 1. The fourth-order valence-electron chi connectivity index (χ4n) is 1.61. The molecular weight excluding hydrogens is 240 g/mol. The van der Waals surface area contributed by atoms with Gasteiger partial charge < -0.3 is 5.11 Å². The van der Waals surface area contributed by atoms with Gasteiger partial charge in [-0.25, -0.2) is 0 Å². The molecule has 0 amide bonds. The zero-order valence-corrected chi connectivity index (χ0v) is 11.1. The molecule has 0 heterocycles. The van der Waals surface area contributed by atoms with E-state index in [2.05, 4.69) is 29.4 Å². The molecule has 84 valence electrons. The van der Waals surface area contributed by atoms with Crippen molar-refractivity contribution in [3.8, 4) is 0 Å². The molecule has 0 aliphatic heterocycles. The molecule has 14 heavy (non-hydrogen) atoms. The summed E-state index contributed by atoms with van der Waals surface area (Å²) < 4.78 is 0.885. The van der Waals surface area contributed by atoms with Crippen LogP contribution in [-0.4, -0.2) is 10.7 Å². The Kier molecular flexibility index (Phi) is 7.56. The number of rotatable bonds is 8. The van der Waals surface area contributed by atoms with Crippen molar-refractivity contribution in [1.29, 1.82) is 0 Å².